The lowest BCUT2D eigenvalue weighted by molar-refractivity contribution is 0.0623. The summed E-state index contributed by atoms with van der Waals surface area (Å²) in [6.07, 6.45) is 3.32. The molecule has 150 valence electrons. The number of piperidine rings is 1. The van der Waals surface area contributed by atoms with Gasteiger partial charge in [-0.1, -0.05) is 13.8 Å². The number of anilines is 1. The SMILES string of the molecule is CC1CC(C)CN(C(=O)c2cc(S(=O)(=O)N(C)C)ccc2N2CCCC2)C1. The largest absolute Gasteiger partial charge is 0.371 e. The number of carbonyl (C=O) groups excluding carboxylic acids is 1. The average Bonchev–Trinajstić information content (AvgIpc) is 3.14. The molecule has 0 bridgehead atoms. The molecule has 1 aromatic carbocycles. The van der Waals surface area contributed by atoms with E-state index in [1.54, 1.807) is 12.1 Å². The molecule has 1 aromatic rings. The van der Waals surface area contributed by atoms with Crippen LogP contribution in [-0.4, -0.2) is 63.8 Å². The van der Waals surface area contributed by atoms with E-state index in [9.17, 15) is 13.2 Å². The molecule has 3 rings (SSSR count). The van der Waals surface area contributed by atoms with Gasteiger partial charge in [0.2, 0.25) is 10.0 Å². The number of nitrogens with zero attached hydrogens (tertiary/aromatic N) is 3. The molecule has 2 aliphatic rings. The monoisotopic (exact) mass is 393 g/mol. The van der Waals surface area contributed by atoms with Crippen LogP contribution < -0.4 is 4.90 Å². The second kappa shape index (κ2) is 7.80. The van der Waals surface area contributed by atoms with E-state index in [0.29, 0.717) is 17.4 Å². The van der Waals surface area contributed by atoms with Crippen LogP contribution in [0.1, 0.15) is 43.5 Å². The van der Waals surface area contributed by atoms with E-state index in [4.69, 9.17) is 0 Å². The van der Waals surface area contributed by atoms with Gasteiger partial charge in [0, 0.05) is 46.0 Å². The number of benzene rings is 1. The first-order chi connectivity index (χ1) is 12.7. The molecule has 0 radical (unpaired) electrons. The molecule has 2 saturated heterocycles. The Kier molecular flexibility index (Phi) is 5.82. The minimum atomic E-state index is -3.58. The zero-order valence-electron chi connectivity index (χ0n) is 16.8. The number of hydrogen-bond donors (Lipinski definition) is 0. The van der Waals surface area contributed by atoms with Gasteiger partial charge in [0.05, 0.1) is 10.5 Å². The fraction of sp³-hybridized carbons (Fsp3) is 0.650. The molecule has 0 aromatic heterocycles. The summed E-state index contributed by atoms with van der Waals surface area (Å²) in [4.78, 5) is 17.7. The number of amides is 1. The zero-order valence-corrected chi connectivity index (χ0v) is 17.6. The Morgan fingerprint density at radius 3 is 2.22 bits per heavy atom. The van der Waals surface area contributed by atoms with Crippen molar-refractivity contribution in [2.24, 2.45) is 11.8 Å². The molecular weight excluding hydrogens is 362 g/mol. The summed E-state index contributed by atoms with van der Waals surface area (Å²) >= 11 is 0. The van der Waals surface area contributed by atoms with Crippen molar-refractivity contribution in [1.82, 2.24) is 9.21 Å². The van der Waals surface area contributed by atoms with E-state index in [1.807, 2.05) is 11.0 Å². The van der Waals surface area contributed by atoms with Crippen LogP contribution in [0.25, 0.3) is 0 Å². The number of likely N-dealkylation sites (tertiary alicyclic amines) is 1. The molecule has 2 fully saturated rings. The molecule has 2 unspecified atom stereocenters. The van der Waals surface area contributed by atoms with Crippen molar-refractivity contribution >= 4 is 21.6 Å². The Labute approximate surface area is 163 Å². The van der Waals surface area contributed by atoms with Crippen molar-refractivity contribution in [2.45, 2.75) is 38.0 Å². The van der Waals surface area contributed by atoms with Crippen molar-refractivity contribution in [3.05, 3.63) is 23.8 Å². The van der Waals surface area contributed by atoms with Crippen LogP contribution in [0.4, 0.5) is 5.69 Å². The highest BCUT2D eigenvalue weighted by Crippen LogP contribution is 2.31. The normalized spacial score (nSPS) is 23.9. The van der Waals surface area contributed by atoms with Gasteiger partial charge in [0.1, 0.15) is 0 Å². The smallest absolute Gasteiger partial charge is 0.256 e. The third kappa shape index (κ3) is 4.14. The fourth-order valence-electron chi connectivity index (χ4n) is 4.29. The van der Waals surface area contributed by atoms with Gasteiger partial charge in [-0.25, -0.2) is 12.7 Å². The Morgan fingerprint density at radius 1 is 1.07 bits per heavy atom. The third-order valence-corrected chi connectivity index (χ3v) is 7.39. The van der Waals surface area contributed by atoms with Gasteiger partial charge >= 0.3 is 0 Å². The molecule has 7 heteroatoms. The van der Waals surface area contributed by atoms with Crippen molar-refractivity contribution in [3.8, 4) is 0 Å². The maximum Gasteiger partial charge on any atom is 0.256 e. The van der Waals surface area contributed by atoms with E-state index >= 15 is 0 Å². The van der Waals surface area contributed by atoms with Crippen molar-refractivity contribution in [2.75, 3.05) is 45.2 Å². The minimum absolute atomic E-state index is 0.0499. The summed E-state index contributed by atoms with van der Waals surface area (Å²) in [5.74, 6) is 0.870. The summed E-state index contributed by atoms with van der Waals surface area (Å²) in [6, 6.07) is 5.02. The Balaban J connectivity index is 2.02. The fourth-order valence-corrected chi connectivity index (χ4v) is 5.22. The lowest BCUT2D eigenvalue weighted by Gasteiger charge is -2.36. The lowest BCUT2D eigenvalue weighted by Crippen LogP contribution is -2.43. The second-order valence-electron chi connectivity index (χ2n) is 8.32. The van der Waals surface area contributed by atoms with Gasteiger partial charge in [-0.3, -0.25) is 4.79 Å². The second-order valence-corrected chi connectivity index (χ2v) is 10.5. The quantitative estimate of drug-likeness (QED) is 0.789. The first-order valence-electron chi connectivity index (χ1n) is 9.81. The standard InChI is InChI=1S/C20H31N3O3S/c1-15-11-16(2)14-23(13-15)20(24)18-12-17(27(25,26)21(3)4)7-8-19(18)22-9-5-6-10-22/h7-8,12,15-16H,5-6,9-11,13-14H2,1-4H3. The molecule has 0 aliphatic carbocycles. The molecule has 0 N–H and O–H groups in total. The van der Waals surface area contributed by atoms with Crippen LogP contribution in [-0.2, 0) is 10.0 Å². The third-order valence-electron chi connectivity index (χ3n) is 5.58. The summed E-state index contributed by atoms with van der Waals surface area (Å²) in [7, 11) is -0.555. The van der Waals surface area contributed by atoms with E-state index in [1.165, 1.54) is 18.4 Å². The molecule has 1 amide bonds. The van der Waals surface area contributed by atoms with E-state index < -0.39 is 10.0 Å². The highest BCUT2D eigenvalue weighted by Gasteiger charge is 2.30. The van der Waals surface area contributed by atoms with Crippen LogP contribution in [0, 0.1) is 11.8 Å². The van der Waals surface area contributed by atoms with Gasteiger partial charge < -0.3 is 9.80 Å². The van der Waals surface area contributed by atoms with E-state index in [-0.39, 0.29) is 10.8 Å². The van der Waals surface area contributed by atoms with Gasteiger partial charge in [0.15, 0.2) is 0 Å². The maximum atomic E-state index is 13.4. The maximum absolute atomic E-state index is 13.4. The lowest BCUT2D eigenvalue weighted by atomic mass is 9.91. The van der Waals surface area contributed by atoms with E-state index in [0.717, 1.165) is 51.1 Å². The van der Waals surface area contributed by atoms with E-state index in [2.05, 4.69) is 18.7 Å². The van der Waals surface area contributed by atoms with Crippen LogP contribution >= 0.6 is 0 Å². The number of carbonyl (C=O) groups is 1. The first kappa shape index (κ1) is 20.1. The molecule has 6 nitrogen and oxygen atoms in total. The zero-order chi connectivity index (χ0) is 19.8. The molecule has 0 spiro atoms. The van der Waals surface area contributed by atoms with Crippen LogP contribution in [0.2, 0.25) is 0 Å². The minimum Gasteiger partial charge on any atom is -0.371 e. The highest BCUT2D eigenvalue weighted by molar-refractivity contribution is 7.89. The Morgan fingerprint density at radius 2 is 1.67 bits per heavy atom. The predicted molar refractivity (Wildman–Crippen MR) is 108 cm³/mol. The molecule has 27 heavy (non-hydrogen) atoms. The van der Waals surface area contributed by atoms with Gasteiger partial charge in [-0.05, 0) is 49.3 Å². The molecular formula is C20H31N3O3S. The Hall–Kier alpha value is -1.60. The van der Waals surface area contributed by atoms with Crippen molar-refractivity contribution < 1.29 is 13.2 Å². The van der Waals surface area contributed by atoms with Gasteiger partial charge in [0.25, 0.3) is 5.91 Å². The molecule has 2 aliphatic heterocycles. The molecule has 0 saturated carbocycles. The first-order valence-corrected chi connectivity index (χ1v) is 11.2. The highest BCUT2D eigenvalue weighted by atomic mass is 32.2. The number of sulfonamides is 1. The van der Waals surface area contributed by atoms with Crippen LogP contribution in [0.15, 0.2) is 23.1 Å². The average molecular weight is 394 g/mol. The molecule has 2 atom stereocenters. The Bertz CT molecular complexity index is 791. The van der Waals surface area contributed by atoms with Gasteiger partial charge in [-0.15, -0.1) is 0 Å². The summed E-state index contributed by atoms with van der Waals surface area (Å²) in [6.45, 7) is 7.62. The summed E-state index contributed by atoms with van der Waals surface area (Å²) < 4.78 is 26.4. The molecule has 2 heterocycles. The summed E-state index contributed by atoms with van der Waals surface area (Å²) in [5, 5.41) is 0. The van der Waals surface area contributed by atoms with Crippen LogP contribution in [0.5, 0.6) is 0 Å². The van der Waals surface area contributed by atoms with Gasteiger partial charge in [-0.2, -0.15) is 0 Å². The summed E-state index contributed by atoms with van der Waals surface area (Å²) in [5.41, 5.74) is 1.38. The number of rotatable bonds is 4. The van der Waals surface area contributed by atoms with Crippen molar-refractivity contribution in [1.29, 1.82) is 0 Å². The number of hydrogen-bond acceptors (Lipinski definition) is 4. The van der Waals surface area contributed by atoms with Crippen molar-refractivity contribution in [3.63, 3.8) is 0 Å². The van der Waals surface area contributed by atoms with Crippen LogP contribution in [0.3, 0.4) is 0 Å². The predicted octanol–water partition coefficient (Wildman–Crippen LogP) is 2.66. The topological polar surface area (TPSA) is 60.9 Å².